The molecule has 0 radical (unpaired) electrons. The highest BCUT2D eigenvalue weighted by atomic mass is 32.1. The van der Waals surface area contributed by atoms with Crippen LogP contribution < -0.4 is 14.8 Å². The number of ether oxygens (including phenoxy) is 2. The van der Waals surface area contributed by atoms with Gasteiger partial charge in [-0.15, -0.1) is 11.3 Å². The number of hydrogen-bond donors (Lipinski definition) is 1. The number of aryl methyl sites for hydroxylation is 1. The number of amides is 1. The van der Waals surface area contributed by atoms with Crippen LogP contribution in [-0.2, 0) is 17.8 Å². The van der Waals surface area contributed by atoms with Crippen LogP contribution in [0.5, 0.6) is 11.5 Å². The maximum atomic E-state index is 12.8. The third kappa shape index (κ3) is 6.53. The largest absolute Gasteiger partial charge is 0.493 e. The van der Waals surface area contributed by atoms with Gasteiger partial charge in [0.05, 0.1) is 27.3 Å². The van der Waals surface area contributed by atoms with Crippen molar-refractivity contribution in [2.24, 2.45) is 5.92 Å². The molecule has 28 heavy (non-hydrogen) atoms. The Bertz CT molecular complexity index is 758. The summed E-state index contributed by atoms with van der Waals surface area (Å²) in [6, 6.07) is 8.02. The Morgan fingerprint density at radius 2 is 1.93 bits per heavy atom. The van der Waals surface area contributed by atoms with E-state index in [4.69, 9.17) is 9.47 Å². The van der Waals surface area contributed by atoms with Crippen molar-refractivity contribution in [2.45, 2.75) is 33.7 Å². The number of hydrogen-bond acceptors (Lipinski definition) is 5. The molecular formula is C22H32N2O3S. The van der Waals surface area contributed by atoms with Crippen LogP contribution in [0.15, 0.2) is 29.6 Å². The van der Waals surface area contributed by atoms with Crippen molar-refractivity contribution in [1.82, 2.24) is 10.2 Å². The van der Waals surface area contributed by atoms with Crippen molar-refractivity contribution in [3.63, 3.8) is 0 Å². The molecule has 2 rings (SSSR count). The summed E-state index contributed by atoms with van der Waals surface area (Å²) in [5.74, 6) is 2.08. The summed E-state index contributed by atoms with van der Waals surface area (Å²) in [5.41, 5.74) is 2.36. The zero-order valence-corrected chi connectivity index (χ0v) is 18.4. The number of rotatable bonds is 11. The van der Waals surface area contributed by atoms with E-state index in [1.165, 1.54) is 10.4 Å². The van der Waals surface area contributed by atoms with Gasteiger partial charge >= 0.3 is 0 Å². The Morgan fingerprint density at radius 1 is 1.18 bits per heavy atom. The summed E-state index contributed by atoms with van der Waals surface area (Å²) >= 11 is 1.71. The number of methoxy groups -OCH3 is 2. The van der Waals surface area contributed by atoms with Crippen LogP contribution in [0, 0.1) is 12.8 Å². The molecule has 1 aromatic heterocycles. The fourth-order valence-corrected chi connectivity index (χ4v) is 3.83. The molecule has 6 heteroatoms. The van der Waals surface area contributed by atoms with Crippen molar-refractivity contribution in [1.29, 1.82) is 0 Å². The smallest absolute Gasteiger partial charge is 0.236 e. The summed E-state index contributed by atoms with van der Waals surface area (Å²) in [6.07, 6.45) is 0.765. The Labute approximate surface area is 172 Å². The van der Waals surface area contributed by atoms with E-state index in [1.54, 1.807) is 25.6 Å². The van der Waals surface area contributed by atoms with E-state index in [2.05, 4.69) is 37.5 Å². The molecule has 0 saturated carbocycles. The average Bonchev–Trinajstić information content (AvgIpc) is 3.08. The quantitative estimate of drug-likeness (QED) is 0.617. The molecule has 154 valence electrons. The molecule has 2 aromatic rings. The van der Waals surface area contributed by atoms with Gasteiger partial charge in [-0.05, 0) is 60.5 Å². The fraction of sp³-hybridized carbons (Fsp3) is 0.500. The second-order valence-electron chi connectivity index (χ2n) is 7.31. The summed E-state index contributed by atoms with van der Waals surface area (Å²) < 4.78 is 10.7. The van der Waals surface area contributed by atoms with E-state index in [0.29, 0.717) is 37.1 Å². The van der Waals surface area contributed by atoms with E-state index in [9.17, 15) is 4.79 Å². The number of benzene rings is 1. The minimum absolute atomic E-state index is 0.133. The van der Waals surface area contributed by atoms with Gasteiger partial charge < -0.3 is 19.7 Å². The Morgan fingerprint density at radius 3 is 2.54 bits per heavy atom. The van der Waals surface area contributed by atoms with Gasteiger partial charge in [-0.1, -0.05) is 19.9 Å². The molecule has 0 saturated heterocycles. The van der Waals surface area contributed by atoms with E-state index < -0.39 is 0 Å². The van der Waals surface area contributed by atoms with E-state index in [1.807, 2.05) is 23.1 Å². The molecule has 0 bridgehead atoms. The standard InChI is InChI=1S/C22H32N2O3S/c1-16(2)13-23-14-22(25)24(15-21-17(3)9-11-28-21)10-8-18-6-7-19(26-4)20(12-18)27-5/h6-7,9,11-12,16,23H,8,10,13-15H2,1-5H3. The SMILES string of the molecule is COc1ccc(CCN(Cc2sccc2C)C(=O)CNCC(C)C)cc1OC. The summed E-state index contributed by atoms with van der Waals surface area (Å²) in [7, 11) is 3.27. The second-order valence-corrected chi connectivity index (χ2v) is 8.31. The molecule has 0 aliphatic heterocycles. The van der Waals surface area contributed by atoms with Crippen LogP contribution in [0.3, 0.4) is 0 Å². The minimum atomic E-state index is 0.133. The zero-order chi connectivity index (χ0) is 20.5. The third-order valence-corrected chi connectivity index (χ3v) is 5.61. The maximum Gasteiger partial charge on any atom is 0.236 e. The van der Waals surface area contributed by atoms with Gasteiger partial charge in [0, 0.05) is 11.4 Å². The minimum Gasteiger partial charge on any atom is -0.493 e. The van der Waals surface area contributed by atoms with Gasteiger partial charge in [-0.3, -0.25) is 4.79 Å². The number of carbonyl (C=O) groups excluding carboxylic acids is 1. The van der Waals surface area contributed by atoms with Crippen LogP contribution in [-0.4, -0.2) is 44.7 Å². The lowest BCUT2D eigenvalue weighted by molar-refractivity contribution is -0.130. The van der Waals surface area contributed by atoms with E-state index in [0.717, 1.165) is 18.5 Å². The maximum absolute atomic E-state index is 12.8. The molecular weight excluding hydrogens is 372 g/mol. The summed E-state index contributed by atoms with van der Waals surface area (Å²) in [4.78, 5) is 16.0. The number of nitrogens with one attached hydrogen (secondary N) is 1. The molecule has 0 aliphatic carbocycles. The number of carbonyl (C=O) groups is 1. The van der Waals surface area contributed by atoms with Crippen LogP contribution in [0.4, 0.5) is 0 Å². The highest BCUT2D eigenvalue weighted by molar-refractivity contribution is 7.10. The molecule has 0 aliphatic rings. The van der Waals surface area contributed by atoms with Crippen LogP contribution >= 0.6 is 11.3 Å². The first kappa shape index (κ1) is 22.2. The van der Waals surface area contributed by atoms with Crippen molar-refractivity contribution < 1.29 is 14.3 Å². The van der Waals surface area contributed by atoms with Crippen LogP contribution in [0.1, 0.15) is 29.9 Å². The van der Waals surface area contributed by atoms with E-state index in [-0.39, 0.29) is 5.91 Å². The topological polar surface area (TPSA) is 50.8 Å². The van der Waals surface area contributed by atoms with Crippen molar-refractivity contribution >= 4 is 17.2 Å². The second kappa shape index (κ2) is 11.1. The number of thiophene rings is 1. The lowest BCUT2D eigenvalue weighted by atomic mass is 10.1. The van der Waals surface area contributed by atoms with Gasteiger partial charge in [0.15, 0.2) is 11.5 Å². The Hall–Kier alpha value is -2.05. The van der Waals surface area contributed by atoms with Crippen molar-refractivity contribution in [3.8, 4) is 11.5 Å². The van der Waals surface area contributed by atoms with Crippen molar-refractivity contribution in [3.05, 3.63) is 45.6 Å². The molecule has 5 nitrogen and oxygen atoms in total. The highest BCUT2D eigenvalue weighted by Crippen LogP contribution is 2.28. The van der Waals surface area contributed by atoms with Gasteiger partial charge in [-0.2, -0.15) is 0 Å². The van der Waals surface area contributed by atoms with E-state index >= 15 is 0 Å². The summed E-state index contributed by atoms with van der Waals surface area (Å²) in [5, 5.41) is 5.35. The lowest BCUT2D eigenvalue weighted by Gasteiger charge is -2.23. The van der Waals surface area contributed by atoms with Crippen LogP contribution in [0.2, 0.25) is 0 Å². The normalized spacial score (nSPS) is 10.9. The zero-order valence-electron chi connectivity index (χ0n) is 17.6. The fourth-order valence-electron chi connectivity index (χ4n) is 2.91. The molecule has 0 fully saturated rings. The van der Waals surface area contributed by atoms with Gasteiger partial charge in [0.25, 0.3) is 0 Å². The first-order chi connectivity index (χ1) is 13.4. The molecule has 0 unspecified atom stereocenters. The predicted molar refractivity (Wildman–Crippen MR) is 115 cm³/mol. The first-order valence-corrected chi connectivity index (χ1v) is 10.5. The average molecular weight is 405 g/mol. The first-order valence-electron chi connectivity index (χ1n) is 9.67. The van der Waals surface area contributed by atoms with Crippen LogP contribution in [0.25, 0.3) is 0 Å². The molecule has 1 heterocycles. The monoisotopic (exact) mass is 404 g/mol. The third-order valence-electron chi connectivity index (χ3n) is 4.60. The molecule has 0 atom stereocenters. The predicted octanol–water partition coefficient (Wildman–Crippen LogP) is 3.89. The molecule has 1 N–H and O–H groups in total. The van der Waals surface area contributed by atoms with Gasteiger partial charge in [0.1, 0.15) is 0 Å². The van der Waals surface area contributed by atoms with Crippen molar-refractivity contribution in [2.75, 3.05) is 33.9 Å². The highest BCUT2D eigenvalue weighted by Gasteiger charge is 2.16. The van der Waals surface area contributed by atoms with Gasteiger partial charge in [0.2, 0.25) is 5.91 Å². The Balaban J connectivity index is 2.06. The lowest BCUT2D eigenvalue weighted by Crippen LogP contribution is -2.39. The Kier molecular flexibility index (Phi) is 8.80. The summed E-state index contributed by atoms with van der Waals surface area (Å²) in [6.45, 7) is 8.90. The molecule has 1 amide bonds. The van der Waals surface area contributed by atoms with Gasteiger partial charge in [-0.25, -0.2) is 0 Å². The number of nitrogens with zero attached hydrogens (tertiary/aromatic N) is 1. The molecule has 0 spiro atoms. The molecule has 1 aromatic carbocycles.